The second-order valence-electron chi connectivity index (χ2n) is 4.30. The van der Waals surface area contributed by atoms with E-state index in [4.69, 9.17) is 17.3 Å². The Balaban J connectivity index is 2.75. The Morgan fingerprint density at radius 3 is 2.18 bits per heavy atom. The van der Waals surface area contributed by atoms with Crippen LogP contribution in [0.3, 0.4) is 0 Å². The van der Waals surface area contributed by atoms with Crippen LogP contribution in [0.1, 0.15) is 26.3 Å². The minimum atomic E-state index is -0.869. The average molecular weight is 251 g/mol. The van der Waals surface area contributed by atoms with Crippen molar-refractivity contribution in [2.75, 3.05) is 5.32 Å². The number of nitrogens with one attached hydrogen (secondary N) is 1. The molecule has 0 aliphatic carbocycles. The fourth-order valence-corrected chi connectivity index (χ4v) is 1.51. The Morgan fingerprint density at radius 1 is 1.24 bits per heavy atom. The topological polar surface area (TPSA) is 49.3 Å². The molecule has 0 spiro atoms. The number of rotatable bonds is 5. The molecule has 3 nitrogen and oxygen atoms in total. The molecule has 1 atom stereocenters. The number of anilines is 1. The SMILES string of the molecule is CC(C)C(=S)c1ccc(N[C@@H](C)C(=O)O)cc1. The van der Waals surface area contributed by atoms with E-state index in [0.717, 1.165) is 16.1 Å². The molecule has 0 fully saturated rings. The van der Waals surface area contributed by atoms with Gasteiger partial charge >= 0.3 is 5.97 Å². The number of benzene rings is 1. The first-order chi connectivity index (χ1) is 7.91. The minimum Gasteiger partial charge on any atom is -0.480 e. The lowest BCUT2D eigenvalue weighted by molar-refractivity contribution is -0.137. The van der Waals surface area contributed by atoms with Gasteiger partial charge in [0.1, 0.15) is 6.04 Å². The Bertz CT molecular complexity index is 412. The Hall–Kier alpha value is -1.42. The quantitative estimate of drug-likeness (QED) is 0.624. The van der Waals surface area contributed by atoms with Gasteiger partial charge < -0.3 is 10.4 Å². The molecule has 2 N–H and O–H groups in total. The molecule has 0 aliphatic heterocycles. The zero-order chi connectivity index (χ0) is 13.0. The molecule has 0 aromatic heterocycles. The van der Waals surface area contributed by atoms with Crippen LogP contribution in [-0.4, -0.2) is 22.0 Å². The van der Waals surface area contributed by atoms with Crippen LogP contribution >= 0.6 is 12.2 Å². The lowest BCUT2D eigenvalue weighted by Gasteiger charge is -2.12. The van der Waals surface area contributed by atoms with Gasteiger partial charge in [0.15, 0.2) is 0 Å². The standard InChI is InChI=1S/C13H17NO2S/c1-8(2)12(17)10-4-6-11(7-5-10)14-9(3)13(15)16/h4-9,14H,1-3H3,(H,15,16)/t9-/m0/s1. The summed E-state index contributed by atoms with van der Waals surface area (Å²) in [5.41, 5.74) is 1.80. The molecule has 0 radical (unpaired) electrons. The van der Waals surface area contributed by atoms with Crippen molar-refractivity contribution in [2.45, 2.75) is 26.8 Å². The molecule has 1 aromatic carbocycles. The molecular formula is C13H17NO2S. The fraction of sp³-hybridized carbons (Fsp3) is 0.385. The van der Waals surface area contributed by atoms with Gasteiger partial charge in [-0.2, -0.15) is 0 Å². The number of carboxylic acid groups (broad SMARTS) is 1. The molecule has 0 heterocycles. The molecular weight excluding hydrogens is 234 g/mol. The van der Waals surface area contributed by atoms with Crippen LogP contribution in [-0.2, 0) is 4.79 Å². The first kappa shape index (κ1) is 13.6. The molecule has 0 saturated heterocycles. The average Bonchev–Trinajstić information content (AvgIpc) is 2.28. The van der Waals surface area contributed by atoms with E-state index in [1.807, 2.05) is 24.3 Å². The van der Waals surface area contributed by atoms with Gasteiger partial charge in [-0.3, -0.25) is 4.79 Å². The van der Waals surface area contributed by atoms with Crippen LogP contribution in [0.15, 0.2) is 24.3 Å². The Kier molecular flexibility index (Phi) is 4.63. The molecule has 1 rings (SSSR count). The van der Waals surface area contributed by atoms with Crippen molar-refractivity contribution >= 4 is 28.7 Å². The van der Waals surface area contributed by atoms with E-state index in [1.54, 1.807) is 6.92 Å². The van der Waals surface area contributed by atoms with E-state index in [2.05, 4.69) is 19.2 Å². The van der Waals surface area contributed by atoms with Gasteiger partial charge in [-0.25, -0.2) is 0 Å². The van der Waals surface area contributed by atoms with Gasteiger partial charge in [0.25, 0.3) is 0 Å². The van der Waals surface area contributed by atoms with Gasteiger partial charge in [-0.15, -0.1) is 0 Å². The van der Waals surface area contributed by atoms with E-state index < -0.39 is 12.0 Å². The number of carbonyl (C=O) groups is 1. The van der Waals surface area contributed by atoms with Gasteiger partial charge in [0.05, 0.1) is 0 Å². The van der Waals surface area contributed by atoms with Gasteiger partial charge in [0, 0.05) is 10.6 Å². The summed E-state index contributed by atoms with van der Waals surface area (Å²) < 4.78 is 0. The highest BCUT2D eigenvalue weighted by Crippen LogP contribution is 2.15. The normalized spacial score (nSPS) is 12.2. The van der Waals surface area contributed by atoms with Crippen LogP contribution in [0, 0.1) is 5.92 Å². The summed E-state index contributed by atoms with van der Waals surface area (Å²) in [6.45, 7) is 5.72. The zero-order valence-corrected chi connectivity index (χ0v) is 11.0. The maximum Gasteiger partial charge on any atom is 0.325 e. The van der Waals surface area contributed by atoms with E-state index in [1.165, 1.54) is 0 Å². The van der Waals surface area contributed by atoms with Gasteiger partial charge in [0.2, 0.25) is 0 Å². The van der Waals surface area contributed by atoms with Crippen molar-refractivity contribution in [3.63, 3.8) is 0 Å². The zero-order valence-electron chi connectivity index (χ0n) is 10.2. The summed E-state index contributed by atoms with van der Waals surface area (Å²) in [7, 11) is 0. The molecule has 1 aromatic rings. The molecule has 0 bridgehead atoms. The summed E-state index contributed by atoms with van der Waals surface area (Å²) in [4.78, 5) is 11.6. The van der Waals surface area contributed by atoms with Crippen LogP contribution in [0.25, 0.3) is 0 Å². The fourth-order valence-electron chi connectivity index (χ4n) is 1.38. The van der Waals surface area contributed by atoms with Crippen LogP contribution < -0.4 is 5.32 Å². The molecule has 0 saturated carbocycles. The summed E-state index contributed by atoms with van der Waals surface area (Å²) in [6.07, 6.45) is 0. The summed E-state index contributed by atoms with van der Waals surface area (Å²) in [5.74, 6) is -0.534. The number of hydrogen-bond acceptors (Lipinski definition) is 3. The van der Waals surface area contributed by atoms with Crippen LogP contribution in [0.5, 0.6) is 0 Å². The van der Waals surface area contributed by atoms with Gasteiger partial charge in [-0.05, 0) is 30.5 Å². The van der Waals surface area contributed by atoms with Crippen LogP contribution in [0.4, 0.5) is 5.69 Å². The number of hydrogen-bond donors (Lipinski definition) is 2. The van der Waals surface area contributed by atoms with E-state index in [9.17, 15) is 4.79 Å². The lowest BCUT2D eigenvalue weighted by Crippen LogP contribution is -2.25. The first-order valence-electron chi connectivity index (χ1n) is 5.55. The van der Waals surface area contributed by atoms with Crippen molar-refractivity contribution in [1.29, 1.82) is 0 Å². The second-order valence-corrected chi connectivity index (χ2v) is 4.74. The highest BCUT2D eigenvalue weighted by molar-refractivity contribution is 7.80. The Labute approximate surface area is 107 Å². The van der Waals surface area contributed by atoms with Crippen molar-refractivity contribution < 1.29 is 9.90 Å². The third kappa shape index (κ3) is 3.82. The highest BCUT2D eigenvalue weighted by atomic mass is 32.1. The monoisotopic (exact) mass is 251 g/mol. The molecule has 0 aliphatic rings. The van der Waals surface area contributed by atoms with Crippen molar-refractivity contribution in [1.82, 2.24) is 0 Å². The summed E-state index contributed by atoms with van der Waals surface area (Å²) in [5, 5.41) is 11.7. The molecule has 4 heteroatoms. The predicted octanol–water partition coefficient (Wildman–Crippen LogP) is 2.95. The van der Waals surface area contributed by atoms with Crippen molar-refractivity contribution in [2.24, 2.45) is 5.92 Å². The van der Waals surface area contributed by atoms with Crippen molar-refractivity contribution in [3.8, 4) is 0 Å². The van der Waals surface area contributed by atoms with Crippen molar-refractivity contribution in [3.05, 3.63) is 29.8 Å². The van der Waals surface area contributed by atoms with E-state index in [0.29, 0.717) is 5.92 Å². The van der Waals surface area contributed by atoms with E-state index in [-0.39, 0.29) is 0 Å². The third-order valence-electron chi connectivity index (χ3n) is 2.45. The number of aliphatic carboxylic acids is 1. The highest BCUT2D eigenvalue weighted by Gasteiger charge is 2.10. The number of carboxylic acids is 1. The molecule has 0 amide bonds. The largest absolute Gasteiger partial charge is 0.480 e. The first-order valence-corrected chi connectivity index (χ1v) is 5.96. The summed E-state index contributed by atoms with van der Waals surface area (Å²) >= 11 is 5.30. The lowest BCUT2D eigenvalue weighted by atomic mass is 10.0. The molecule has 0 unspecified atom stereocenters. The van der Waals surface area contributed by atoms with E-state index >= 15 is 0 Å². The molecule has 92 valence electrons. The van der Waals surface area contributed by atoms with Gasteiger partial charge in [-0.1, -0.05) is 38.2 Å². The Morgan fingerprint density at radius 2 is 1.76 bits per heavy atom. The van der Waals surface area contributed by atoms with Crippen LogP contribution in [0.2, 0.25) is 0 Å². The number of thiocarbonyl (C=S) groups is 1. The minimum absolute atomic E-state index is 0.335. The smallest absolute Gasteiger partial charge is 0.325 e. The second kappa shape index (κ2) is 5.77. The summed E-state index contributed by atoms with van der Waals surface area (Å²) in [6, 6.07) is 6.93. The molecule has 17 heavy (non-hydrogen) atoms. The maximum absolute atomic E-state index is 10.7. The third-order valence-corrected chi connectivity index (χ3v) is 3.15. The predicted molar refractivity (Wildman–Crippen MR) is 73.7 cm³/mol. The maximum atomic E-state index is 10.7.